The molecule has 1 atom stereocenters. The summed E-state index contributed by atoms with van der Waals surface area (Å²) in [5.74, 6) is 0.872. The van der Waals surface area contributed by atoms with Gasteiger partial charge in [0.2, 0.25) is 0 Å². The summed E-state index contributed by atoms with van der Waals surface area (Å²) in [5.41, 5.74) is 5.10. The van der Waals surface area contributed by atoms with Crippen molar-refractivity contribution in [1.29, 1.82) is 0 Å². The van der Waals surface area contributed by atoms with Crippen molar-refractivity contribution in [3.8, 4) is 5.82 Å². The second kappa shape index (κ2) is 10.3. The molecule has 1 aliphatic rings. The third kappa shape index (κ3) is 5.71. The number of benzene rings is 1. The Morgan fingerprint density at radius 1 is 1.08 bits per heavy atom. The van der Waals surface area contributed by atoms with Gasteiger partial charge in [0.05, 0.1) is 18.4 Å². The Hall–Kier alpha value is -4.41. The largest absolute Gasteiger partial charge is 0.368 e. The van der Waals surface area contributed by atoms with Crippen molar-refractivity contribution < 1.29 is 9.18 Å². The number of halogens is 1. The van der Waals surface area contributed by atoms with Crippen LogP contribution in [0.15, 0.2) is 55.0 Å². The van der Waals surface area contributed by atoms with Gasteiger partial charge in [0.1, 0.15) is 0 Å². The Labute approximate surface area is 214 Å². The molecule has 0 spiro atoms. The molecule has 4 aromatic rings. The van der Waals surface area contributed by atoms with Crippen LogP contribution in [0.4, 0.5) is 26.4 Å². The number of H-pyrrole nitrogens is 1. The quantitative estimate of drug-likeness (QED) is 0.366. The van der Waals surface area contributed by atoms with Crippen LogP contribution in [-0.2, 0) is 0 Å². The van der Waals surface area contributed by atoms with Crippen LogP contribution >= 0.6 is 0 Å². The third-order valence-electron chi connectivity index (χ3n) is 6.37. The van der Waals surface area contributed by atoms with E-state index < -0.39 is 5.82 Å². The summed E-state index contributed by atoms with van der Waals surface area (Å²) in [6.45, 7) is 8.68. The molecule has 4 heterocycles. The molecule has 0 bridgehead atoms. The van der Waals surface area contributed by atoms with Crippen molar-refractivity contribution in [3.63, 3.8) is 0 Å². The zero-order chi connectivity index (χ0) is 25.9. The molecular weight excluding hydrogens is 473 g/mol. The maximum atomic E-state index is 13.2. The average Bonchev–Trinajstić information content (AvgIpc) is 3.51. The van der Waals surface area contributed by atoms with Crippen LogP contribution in [0, 0.1) is 19.7 Å². The first-order valence-corrected chi connectivity index (χ1v) is 12.2. The van der Waals surface area contributed by atoms with E-state index in [4.69, 9.17) is 0 Å². The van der Waals surface area contributed by atoms with E-state index in [1.165, 1.54) is 10.9 Å². The van der Waals surface area contributed by atoms with Crippen LogP contribution in [0.5, 0.6) is 0 Å². The number of urea groups is 1. The standard InChI is InChI=1S/C26H30FN9O/c1-17-10-22(31-24-12-18(2)32-33-24)13-23(11-17)34-6-8-35(9-7-34)26(37)30-19(3)20-4-5-25(28-14-20)36-16-21(27)15-29-36/h4-5,10-16,19H,6-9H2,1-3H3,(H,30,37)(H2,31,32,33). The van der Waals surface area contributed by atoms with Gasteiger partial charge in [-0.05, 0) is 56.2 Å². The van der Waals surface area contributed by atoms with Crippen LogP contribution in [-0.4, -0.2) is 62.1 Å². The molecule has 1 unspecified atom stereocenters. The number of pyridine rings is 1. The highest BCUT2D eigenvalue weighted by molar-refractivity contribution is 5.75. The Bertz CT molecular complexity index is 1370. The molecule has 3 N–H and O–H groups in total. The maximum Gasteiger partial charge on any atom is 0.317 e. The summed E-state index contributed by atoms with van der Waals surface area (Å²) in [5, 5.41) is 17.5. The minimum absolute atomic E-state index is 0.106. The average molecular weight is 504 g/mol. The Balaban J connectivity index is 1.16. The number of hydrogen-bond acceptors (Lipinski definition) is 6. The van der Waals surface area contributed by atoms with E-state index in [1.54, 1.807) is 12.3 Å². The first-order valence-electron chi connectivity index (χ1n) is 12.2. The number of aryl methyl sites for hydroxylation is 2. The molecule has 5 rings (SSSR count). The van der Waals surface area contributed by atoms with E-state index in [-0.39, 0.29) is 12.1 Å². The van der Waals surface area contributed by atoms with Gasteiger partial charge in [-0.15, -0.1) is 0 Å². The maximum absolute atomic E-state index is 13.2. The van der Waals surface area contributed by atoms with E-state index in [0.29, 0.717) is 18.9 Å². The Kier molecular flexibility index (Phi) is 6.76. The number of aromatic nitrogens is 5. The van der Waals surface area contributed by atoms with E-state index in [0.717, 1.165) is 53.3 Å². The molecule has 11 heteroatoms. The molecule has 192 valence electrons. The number of rotatable bonds is 6. The monoisotopic (exact) mass is 503 g/mol. The van der Waals surface area contributed by atoms with Gasteiger partial charge < -0.3 is 20.4 Å². The van der Waals surface area contributed by atoms with Crippen LogP contribution < -0.4 is 15.5 Å². The lowest BCUT2D eigenvalue weighted by molar-refractivity contribution is 0.191. The molecular formula is C26H30FN9O. The van der Waals surface area contributed by atoms with Crippen LogP contribution in [0.25, 0.3) is 5.82 Å². The number of amides is 2. The van der Waals surface area contributed by atoms with Crippen molar-refractivity contribution in [3.05, 3.63) is 77.6 Å². The van der Waals surface area contributed by atoms with Crippen LogP contribution in [0.1, 0.15) is 29.8 Å². The molecule has 3 aromatic heterocycles. The number of carbonyl (C=O) groups is 1. The van der Waals surface area contributed by atoms with Gasteiger partial charge in [-0.25, -0.2) is 18.9 Å². The lowest BCUT2D eigenvalue weighted by atomic mass is 10.1. The van der Waals surface area contributed by atoms with E-state index in [2.05, 4.69) is 60.9 Å². The molecule has 1 saturated heterocycles. The summed E-state index contributed by atoms with van der Waals surface area (Å²) in [6, 6.07) is 11.6. The highest BCUT2D eigenvalue weighted by Gasteiger charge is 2.23. The van der Waals surface area contributed by atoms with Gasteiger partial charge in [0.15, 0.2) is 17.5 Å². The highest BCUT2D eigenvalue weighted by atomic mass is 19.1. The minimum atomic E-state index is -0.421. The van der Waals surface area contributed by atoms with Gasteiger partial charge in [-0.3, -0.25) is 5.10 Å². The molecule has 1 aromatic carbocycles. The number of nitrogens with one attached hydrogen (secondary N) is 3. The fourth-order valence-electron chi connectivity index (χ4n) is 4.39. The predicted octanol–water partition coefficient (Wildman–Crippen LogP) is 4.08. The van der Waals surface area contributed by atoms with Gasteiger partial charge in [-0.2, -0.15) is 10.2 Å². The smallest absolute Gasteiger partial charge is 0.317 e. The topological polar surface area (TPSA) is 107 Å². The van der Waals surface area contributed by atoms with Gasteiger partial charge >= 0.3 is 6.03 Å². The van der Waals surface area contributed by atoms with Crippen molar-refractivity contribution in [2.24, 2.45) is 0 Å². The lowest BCUT2D eigenvalue weighted by Crippen LogP contribution is -2.52. The molecule has 1 aliphatic heterocycles. The Morgan fingerprint density at radius 3 is 2.54 bits per heavy atom. The summed E-state index contributed by atoms with van der Waals surface area (Å²) in [4.78, 5) is 21.4. The first-order chi connectivity index (χ1) is 17.8. The Morgan fingerprint density at radius 2 is 1.89 bits per heavy atom. The van der Waals surface area contributed by atoms with Gasteiger partial charge in [-0.1, -0.05) is 6.07 Å². The number of carbonyl (C=O) groups excluding carboxylic acids is 1. The number of aromatic amines is 1. The molecule has 37 heavy (non-hydrogen) atoms. The van der Waals surface area contributed by atoms with Crippen molar-refractivity contribution in [2.75, 3.05) is 36.4 Å². The number of anilines is 3. The SMILES string of the molecule is Cc1cc(Nc2cc(C)[nH]n2)cc(N2CCN(C(=O)NC(C)c3ccc(-n4cc(F)cn4)nc3)CC2)c1. The van der Waals surface area contributed by atoms with Gasteiger partial charge in [0.25, 0.3) is 0 Å². The third-order valence-corrected chi connectivity index (χ3v) is 6.37. The number of hydrogen-bond donors (Lipinski definition) is 3. The van der Waals surface area contributed by atoms with Gasteiger partial charge in [0, 0.05) is 55.5 Å². The zero-order valence-electron chi connectivity index (χ0n) is 21.1. The van der Waals surface area contributed by atoms with Crippen molar-refractivity contribution >= 4 is 23.2 Å². The fourth-order valence-corrected chi connectivity index (χ4v) is 4.39. The molecule has 0 aliphatic carbocycles. The summed E-state index contributed by atoms with van der Waals surface area (Å²) >= 11 is 0. The van der Waals surface area contributed by atoms with E-state index in [9.17, 15) is 9.18 Å². The predicted molar refractivity (Wildman–Crippen MR) is 140 cm³/mol. The number of nitrogens with zero attached hydrogens (tertiary/aromatic N) is 6. The second-order valence-corrected chi connectivity index (χ2v) is 9.32. The van der Waals surface area contributed by atoms with Crippen molar-refractivity contribution in [2.45, 2.75) is 26.8 Å². The molecule has 0 saturated carbocycles. The van der Waals surface area contributed by atoms with Crippen molar-refractivity contribution in [1.82, 2.24) is 35.2 Å². The first kappa shape index (κ1) is 24.3. The molecule has 0 radical (unpaired) electrons. The normalized spacial score (nSPS) is 14.5. The molecule has 1 fully saturated rings. The van der Waals surface area contributed by atoms with Crippen LogP contribution in [0.3, 0.4) is 0 Å². The van der Waals surface area contributed by atoms with E-state index in [1.807, 2.05) is 30.9 Å². The molecule has 2 amide bonds. The zero-order valence-corrected chi connectivity index (χ0v) is 21.1. The fraction of sp³-hybridized carbons (Fsp3) is 0.308. The summed E-state index contributed by atoms with van der Waals surface area (Å²) in [6.07, 6.45) is 4.07. The molecule has 10 nitrogen and oxygen atoms in total. The summed E-state index contributed by atoms with van der Waals surface area (Å²) < 4.78 is 14.6. The van der Waals surface area contributed by atoms with Crippen LogP contribution in [0.2, 0.25) is 0 Å². The highest BCUT2D eigenvalue weighted by Crippen LogP contribution is 2.26. The second-order valence-electron chi connectivity index (χ2n) is 9.32. The number of piperazine rings is 1. The minimum Gasteiger partial charge on any atom is -0.368 e. The summed E-state index contributed by atoms with van der Waals surface area (Å²) in [7, 11) is 0. The lowest BCUT2D eigenvalue weighted by Gasteiger charge is -2.37. The van der Waals surface area contributed by atoms with E-state index >= 15 is 0 Å².